The van der Waals surface area contributed by atoms with Crippen LogP contribution in [0.3, 0.4) is 0 Å². The predicted octanol–water partition coefficient (Wildman–Crippen LogP) is 2.62. The van der Waals surface area contributed by atoms with Crippen molar-refractivity contribution in [1.29, 1.82) is 0 Å². The Morgan fingerprint density at radius 3 is 2.45 bits per heavy atom. The maximum absolute atomic E-state index is 12.4. The fraction of sp³-hybridized carbons (Fsp3) is 0.556. The molecule has 1 heterocycles. The molecule has 0 aliphatic heterocycles. The van der Waals surface area contributed by atoms with Gasteiger partial charge < -0.3 is 9.80 Å². The van der Waals surface area contributed by atoms with E-state index >= 15 is 0 Å². The number of nitrogens with zero attached hydrogens (tertiary/aromatic N) is 3. The Morgan fingerprint density at radius 2 is 1.95 bits per heavy atom. The number of carbonyl (C=O) groups excluding carboxylic acids is 1. The summed E-state index contributed by atoms with van der Waals surface area (Å²) in [6.07, 6.45) is 6.12. The van der Waals surface area contributed by atoms with Gasteiger partial charge in [0.25, 0.3) is 0 Å². The van der Waals surface area contributed by atoms with Crippen LogP contribution in [0, 0.1) is 5.41 Å². The lowest BCUT2D eigenvalue weighted by Gasteiger charge is -2.37. The van der Waals surface area contributed by atoms with Crippen molar-refractivity contribution in [3.8, 4) is 0 Å². The first kappa shape index (κ1) is 18.4. The zero-order valence-corrected chi connectivity index (χ0v) is 14.7. The molecule has 1 amide bonds. The highest BCUT2D eigenvalue weighted by Gasteiger charge is 2.30. The molecule has 4 heteroatoms. The Morgan fingerprint density at radius 1 is 1.27 bits per heavy atom. The van der Waals surface area contributed by atoms with Crippen LogP contribution in [0.5, 0.6) is 0 Å². The van der Waals surface area contributed by atoms with Gasteiger partial charge >= 0.3 is 0 Å². The lowest BCUT2D eigenvalue weighted by molar-refractivity contribution is -0.128. The Kier molecular flexibility index (Phi) is 6.75. The van der Waals surface area contributed by atoms with Gasteiger partial charge in [0.1, 0.15) is 0 Å². The zero-order chi connectivity index (χ0) is 16.8. The monoisotopic (exact) mass is 303 g/mol. The van der Waals surface area contributed by atoms with E-state index in [1.807, 2.05) is 55.2 Å². The van der Waals surface area contributed by atoms with Gasteiger partial charge in [-0.05, 0) is 31.6 Å². The average Bonchev–Trinajstić information content (AvgIpc) is 2.43. The quantitative estimate of drug-likeness (QED) is 0.758. The van der Waals surface area contributed by atoms with Crippen LogP contribution >= 0.6 is 0 Å². The average molecular weight is 303 g/mol. The van der Waals surface area contributed by atoms with Gasteiger partial charge in [0.2, 0.25) is 5.91 Å². The van der Waals surface area contributed by atoms with Crippen LogP contribution in [0.25, 0.3) is 0 Å². The smallest absolute Gasteiger partial charge is 0.246 e. The highest BCUT2D eigenvalue weighted by Crippen LogP contribution is 2.26. The van der Waals surface area contributed by atoms with E-state index in [1.165, 1.54) is 0 Å². The van der Waals surface area contributed by atoms with Crippen LogP contribution in [0.2, 0.25) is 0 Å². The fourth-order valence-electron chi connectivity index (χ4n) is 2.38. The molecule has 4 nitrogen and oxygen atoms in total. The van der Waals surface area contributed by atoms with Crippen molar-refractivity contribution in [2.75, 3.05) is 27.7 Å². The number of carbonyl (C=O) groups is 1. The minimum atomic E-state index is -0.0165. The highest BCUT2D eigenvalue weighted by molar-refractivity contribution is 5.87. The van der Waals surface area contributed by atoms with E-state index < -0.39 is 0 Å². The van der Waals surface area contributed by atoms with Gasteiger partial charge in [-0.15, -0.1) is 0 Å². The van der Waals surface area contributed by atoms with Crippen molar-refractivity contribution in [3.05, 3.63) is 42.2 Å². The standard InChI is InChI=1S/C18H29N3O/c1-18(2,3)16(14-15-10-7-8-12-19-15)21(6)17(22)11-9-13-20(4)5/h7-12,16H,13-14H2,1-6H3/b11-9+. The van der Waals surface area contributed by atoms with E-state index in [2.05, 4.69) is 25.8 Å². The van der Waals surface area contributed by atoms with Gasteiger partial charge in [-0.2, -0.15) is 0 Å². The van der Waals surface area contributed by atoms with Crippen molar-refractivity contribution in [1.82, 2.24) is 14.8 Å². The minimum Gasteiger partial charge on any atom is -0.338 e. The third-order valence-electron chi connectivity index (χ3n) is 3.67. The molecular formula is C18H29N3O. The summed E-state index contributed by atoms with van der Waals surface area (Å²) >= 11 is 0. The first-order chi connectivity index (χ1) is 10.2. The largest absolute Gasteiger partial charge is 0.338 e. The number of likely N-dealkylation sites (N-methyl/N-ethyl adjacent to an activating group) is 2. The molecule has 0 fully saturated rings. The summed E-state index contributed by atoms with van der Waals surface area (Å²) in [5, 5.41) is 0. The molecule has 0 spiro atoms. The molecule has 122 valence electrons. The molecule has 1 rings (SSSR count). The van der Waals surface area contributed by atoms with E-state index in [-0.39, 0.29) is 17.4 Å². The number of amides is 1. The van der Waals surface area contributed by atoms with Crippen LogP contribution in [-0.2, 0) is 11.2 Å². The summed E-state index contributed by atoms with van der Waals surface area (Å²) in [6.45, 7) is 7.25. The topological polar surface area (TPSA) is 36.4 Å². The molecule has 0 saturated heterocycles. The third-order valence-corrected chi connectivity index (χ3v) is 3.67. The van der Waals surface area contributed by atoms with Crippen molar-refractivity contribution < 1.29 is 4.79 Å². The van der Waals surface area contributed by atoms with E-state index in [1.54, 1.807) is 12.3 Å². The summed E-state index contributed by atoms with van der Waals surface area (Å²) in [5.74, 6) is 0.0395. The summed E-state index contributed by atoms with van der Waals surface area (Å²) in [7, 11) is 5.84. The van der Waals surface area contributed by atoms with Crippen molar-refractivity contribution in [2.45, 2.75) is 33.2 Å². The van der Waals surface area contributed by atoms with E-state index in [9.17, 15) is 4.79 Å². The highest BCUT2D eigenvalue weighted by atomic mass is 16.2. The van der Waals surface area contributed by atoms with E-state index in [4.69, 9.17) is 0 Å². The molecule has 0 radical (unpaired) electrons. The molecular weight excluding hydrogens is 274 g/mol. The lowest BCUT2D eigenvalue weighted by atomic mass is 9.83. The SMILES string of the molecule is CN(C)C/C=C/C(=O)N(C)C(Cc1ccccn1)C(C)(C)C. The van der Waals surface area contributed by atoms with Crippen molar-refractivity contribution >= 4 is 5.91 Å². The Labute approximate surface area is 134 Å². The maximum atomic E-state index is 12.4. The normalized spacial score (nSPS) is 13.6. The maximum Gasteiger partial charge on any atom is 0.246 e. The molecule has 1 unspecified atom stereocenters. The zero-order valence-electron chi connectivity index (χ0n) is 14.7. The number of hydrogen-bond donors (Lipinski definition) is 0. The van der Waals surface area contributed by atoms with Gasteiger partial charge in [-0.25, -0.2) is 0 Å². The van der Waals surface area contributed by atoms with Gasteiger partial charge in [-0.1, -0.05) is 32.9 Å². The van der Waals surface area contributed by atoms with Crippen LogP contribution in [0.4, 0.5) is 0 Å². The van der Waals surface area contributed by atoms with Gasteiger partial charge in [0.05, 0.1) is 0 Å². The molecule has 1 aromatic rings. The van der Waals surface area contributed by atoms with E-state index in [0.29, 0.717) is 0 Å². The van der Waals surface area contributed by atoms with Gasteiger partial charge in [0, 0.05) is 44.0 Å². The minimum absolute atomic E-state index is 0.0165. The Balaban J connectivity index is 2.83. The van der Waals surface area contributed by atoms with Crippen LogP contribution in [-0.4, -0.2) is 54.4 Å². The molecule has 0 aliphatic rings. The fourth-order valence-corrected chi connectivity index (χ4v) is 2.38. The molecule has 1 aromatic heterocycles. The molecule has 0 bridgehead atoms. The second-order valence-electron chi connectivity index (χ2n) is 7.02. The number of pyridine rings is 1. The predicted molar refractivity (Wildman–Crippen MR) is 91.6 cm³/mol. The van der Waals surface area contributed by atoms with Crippen LogP contribution in [0.1, 0.15) is 26.5 Å². The molecule has 0 saturated carbocycles. The van der Waals surface area contributed by atoms with E-state index in [0.717, 1.165) is 18.7 Å². The number of aromatic nitrogens is 1. The van der Waals surface area contributed by atoms with Crippen molar-refractivity contribution in [2.24, 2.45) is 5.41 Å². The summed E-state index contributed by atoms with van der Waals surface area (Å²) in [5.41, 5.74) is 0.997. The second kappa shape index (κ2) is 8.08. The molecule has 22 heavy (non-hydrogen) atoms. The number of rotatable bonds is 6. The number of hydrogen-bond acceptors (Lipinski definition) is 3. The second-order valence-corrected chi connectivity index (χ2v) is 7.02. The molecule has 1 atom stereocenters. The lowest BCUT2D eigenvalue weighted by Crippen LogP contribution is -2.46. The summed E-state index contributed by atoms with van der Waals surface area (Å²) in [6, 6.07) is 6.01. The first-order valence-electron chi connectivity index (χ1n) is 7.70. The molecule has 0 aromatic carbocycles. The first-order valence-corrected chi connectivity index (χ1v) is 7.70. The Hall–Kier alpha value is -1.68. The summed E-state index contributed by atoms with van der Waals surface area (Å²) in [4.78, 5) is 20.7. The van der Waals surface area contributed by atoms with Crippen molar-refractivity contribution in [3.63, 3.8) is 0 Å². The summed E-state index contributed by atoms with van der Waals surface area (Å²) < 4.78 is 0. The Bertz CT molecular complexity index is 489. The van der Waals surface area contributed by atoms with Gasteiger partial charge in [-0.3, -0.25) is 9.78 Å². The molecule has 0 aliphatic carbocycles. The van der Waals surface area contributed by atoms with Crippen LogP contribution in [0.15, 0.2) is 36.5 Å². The molecule has 0 N–H and O–H groups in total. The van der Waals surface area contributed by atoms with Crippen LogP contribution < -0.4 is 0 Å². The van der Waals surface area contributed by atoms with Gasteiger partial charge in [0.15, 0.2) is 0 Å². The third kappa shape index (κ3) is 5.98.